The highest BCUT2D eigenvalue weighted by atomic mass is 16.5. The van der Waals surface area contributed by atoms with Gasteiger partial charge in [-0.2, -0.15) is 15.4 Å². The second-order valence-electron chi connectivity index (χ2n) is 4.43. The van der Waals surface area contributed by atoms with Crippen LogP contribution in [0.5, 0.6) is 5.75 Å². The molecule has 1 aromatic heterocycles. The fourth-order valence-electron chi connectivity index (χ4n) is 1.91. The van der Waals surface area contributed by atoms with Crippen LogP contribution in [0.1, 0.15) is 20.7 Å². The number of ether oxygens (including phenoxy) is 2. The van der Waals surface area contributed by atoms with E-state index in [0.717, 1.165) is 0 Å². The summed E-state index contributed by atoms with van der Waals surface area (Å²) in [7, 11) is 1.30. The van der Waals surface area contributed by atoms with E-state index in [1.165, 1.54) is 31.4 Å². The van der Waals surface area contributed by atoms with E-state index in [1.807, 2.05) is 0 Å². The van der Waals surface area contributed by atoms with Gasteiger partial charge in [-0.3, -0.25) is 0 Å². The van der Waals surface area contributed by atoms with Crippen molar-refractivity contribution in [2.24, 2.45) is 0 Å². The topological polar surface area (TPSA) is 94.2 Å². The molecule has 0 bridgehead atoms. The average molecular weight is 297 g/mol. The van der Waals surface area contributed by atoms with Crippen LogP contribution in [-0.2, 0) is 4.74 Å². The first-order valence-electron chi connectivity index (χ1n) is 6.38. The second kappa shape index (κ2) is 5.65. The minimum absolute atomic E-state index is 0.327. The molecule has 3 rings (SSSR count). The molecule has 0 amide bonds. The summed E-state index contributed by atoms with van der Waals surface area (Å²) in [6.45, 7) is 0. The van der Waals surface area contributed by atoms with Crippen LogP contribution < -0.4 is 4.74 Å². The lowest BCUT2D eigenvalue weighted by molar-refractivity contribution is 0.0599. The number of H-pyrrole nitrogens is 1. The van der Waals surface area contributed by atoms with E-state index < -0.39 is 11.9 Å². The molecule has 0 saturated heterocycles. The van der Waals surface area contributed by atoms with Gasteiger partial charge >= 0.3 is 11.9 Å². The molecule has 0 radical (unpaired) electrons. The molecule has 110 valence electrons. The van der Waals surface area contributed by atoms with Crippen LogP contribution in [-0.4, -0.2) is 34.5 Å². The van der Waals surface area contributed by atoms with Crippen LogP contribution in [0.4, 0.5) is 0 Å². The summed E-state index contributed by atoms with van der Waals surface area (Å²) < 4.78 is 9.86. The van der Waals surface area contributed by atoms with Crippen molar-refractivity contribution in [3.8, 4) is 5.75 Å². The SMILES string of the molecule is COC(=O)c1ccc(C(=O)Oc2ccc3n[nH]nc3c2)cc1. The Morgan fingerprint density at radius 1 is 0.909 bits per heavy atom. The van der Waals surface area contributed by atoms with E-state index in [1.54, 1.807) is 18.2 Å². The lowest BCUT2D eigenvalue weighted by Gasteiger charge is -2.05. The molecule has 7 nitrogen and oxygen atoms in total. The first kappa shape index (κ1) is 13.7. The fraction of sp³-hybridized carbons (Fsp3) is 0.0667. The van der Waals surface area contributed by atoms with Crippen molar-refractivity contribution in [3.05, 3.63) is 53.6 Å². The molecular formula is C15H11N3O4. The molecular weight excluding hydrogens is 286 g/mol. The predicted octanol–water partition coefficient (Wildman–Crippen LogP) is 1.96. The zero-order chi connectivity index (χ0) is 15.5. The quantitative estimate of drug-likeness (QED) is 0.586. The summed E-state index contributed by atoms with van der Waals surface area (Å²) in [5.74, 6) is -0.626. The van der Waals surface area contributed by atoms with E-state index in [4.69, 9.17) is 4.74 Å². The number of aromatic nitrogens is 3. The fourth-order valence-corrected chi connectivity index (χ4v) is 1.91. The molecule has 0 aliphatic heterocycles. The molecule has 22 heavy (non-hydrogen) atoms. The molecule has 0 spiro atoms. The van der Waals surface area contributed by atoms with Crippen LogP contribution in [0.2, 0.25) is 0 Å². The van der Waals surface area contributed by atoms with Crippen LogP contribution in [0.15, 0.2) is 42.5 Å². The third-order valence-corrected chi connectivity index (χ3v) is 3.04. The van der Waals surface area contributed by atoms with Crippen LogP contribution in [0.3, 0.4) is 0 Å². The van der Waals surface area contributed by atoms with Crippen molar-refractivity contribution in [2.45, 2.75) is 0 Å². The third-order valence-electron chi connectivity index (χ3n) is 3.04. The Kier molecular flexibility index (Phi) is 3.53. The molecule has 0 aliphatic rings. The van der Waals surface area contributed by atoms with Crippen molar-refractivity contribution < 1.29 is 19.1 Å². The standard InChI is InChI=1S/C15H11N3O4/c1-21-14(19)9-2-4-10(5-3-9)15(20)22-11-6-7-12-13(8-11)17-18-16-12/h2-8H,1H3,(H,16,17,18). The maximum Gasteiger partial charge on any atom is 0.343 e. The van der Waals surface area contributed by atoms with Crippen molar-refractivity contribution in [1.82, 2.24) is 15.4 Å². The van der Waals surface area contributed by atoms with Crippen LogP contribution in [0.25, 0.3) is 11.0 Å². The first-order valence-corrected chi connectivity index (χ1v) is 6.38. The number of esters is 2. The van der Waals surface area contributed by atoms with Crippen molar-refractivity contribution >= 4 is 23.0 Å². The number of fused-ring (bicyclic) bond motifs is 1. The third kappa shape index (κ3) is 2.64. The summed E-state index contributed by atoms with van der Waals surface area (Å²) in [6, 6.07) is 11.0. The zero-order valence-electron chi connectivity index (χ0n) is 11.6. The molecule has 0 aliphatic carbocycles. The minimum atomic E-state index is -0.528. The monoisotopic (exact) mass is 297 g/mol. The van der Waals surface area contributed by atoms with Gasteiger partial charge in [-0.1, -0.05) is 0 Å². The molecule has 1 heterocycles. The highest BCUT2D eigenvalue weighted by Crippen LogP contribution is 2.18. The van der Waals surface area contributed by atoms with Gasteiger partial charge in [-0.05, 0) is 36.4 Å². The van der Waals surface area contributed by atoms with E-state index >= 15 is 0 Å². The lowest BCUT2D eigenvalue weighted by Crippen LogP contribution is -2.09. The molecule has 0 saturated carbocycles. The largest absolute Gasteiger partial charge is 0.465 e. The Labute approximate surface area is 124 Å². The Morgan fingerprint density at radius 3 is 2.23 bits per heavy atom. The Bertz CT molecular complexity index is 839. The highest BCUT2D eigenvalue weighted by molar-refractivity contribution is 5.94. The van der Waals surface area contributed by atoms with Crippen molar-refractivity contribution in [1.29, 1.82) is 0 Å². The minimum Gasteiger partial charge on any atom is -0.465 e. The van der Waals surface area contributed by atoms with Crippen molar-refractivity contribution in [3.63, 3.8) is 0 Å². The zero-order valence-corrected chi connectivity index (χ0v) is 11.6. The summed E-state index contributed by atoms with van der Waals surface area (Å²) in [4.78, 5) is 23.4. The molecule has 0 unspecified atom stereocenters. The van der Waals surface area contributed by atoms with E-state index in [9.17, 15) is 9.59 Å². The normalized spacial score (nSPS) is 10.4. The number of benzene rings is 2. The first-order chi connectivity index (χ1) is 10.7. The number of aromatic amines is 1. The lowest BCUT2D eigenvalue weighted by atomic mass is 10.1. The van der Waals surface area contributed by atoms with Gasteiger partial charge in [0, 0.05) is 6.07 Å². The van der Waals surface area contributed by atoms with E-state index in [0.29, 0.717) is 27.9 Å². The maximum atomic E-state index is 12.1. The molecule has 2 aromatic carbocycles. The number of nitrogens with zero attached hydrogens (tertiary/aromatic N) is 2. The molecule has 7 heteroatoms. The molecule has 3 aromatic rings. The van der Waals surface area contributed by atoms with Gasteiger partial charge in [0.15, 0.2) is 0 Å². The van der Waals surface area contributed by atoms with Gasteiger partial charge < -0.3 is 9.47 Å². The number of hydrogen-bond donors (Lipinski definition) is 1. The van der Waals surface area contributed by atoms with E-state index in [-0.39, 0.29) is 0 Å². The smallest absolute Gasteiger partial charge is 0.343 e. The highest BCUT2D eigenvalue weighted by Gasteiger charge is 2.11. The predicted molar refractivity (Wildman–Crippen MR) is 76.6 cm³/mol. The summed E-state index contributed by atoms with van der Waals surface area (Å²) in [5, 5.41) is 10.3. The van der Waals surface area contributed by atoms with Gasteiger partial charge in [0.25, 0.3) is 0 Å². The number of rotatable bonds is 3. The van der Waals surface area contributed by atoms with Gasteiger partial charge in [-0.15, -0.1) is 0 Å². The molecule has 1 N–H and O–H groups in total. The van der Waals surface area contributed by atoms with Crippen LogP contribution >= 0.6 is 0 Å². The Hall–Kier alpha value is -3.22. The number of hydrogen-bond acceptors (Lipinski definition) is 6. The van der Waals surface area contributed by atoms with Gasteiger partial charge in [0.05, 0.1) is 18.2 Å². The van der Waals surface area contributed by atoms with Crippen LogP contribution in [0, 0.1) is 0 Å². The average Bonchev–Trinajstić information content (AvgIpc) is 3.02. The Morgan fingerprint density at radius 2 is 1.55 bits per heavy atom. The summed E-state index contributed by atoms with van der Waals surface area (Å²) in [6.07, 6.45) is 0. The summed E-state index contributed by atoms with van der Waals surface area (Å²) in [5.41, 5.74) is 1.98. The number of methoxy groups -OCH3 is 1. The van der Waals surface area contributed by atoms with Gasteiger partial charge in [0.1, 0.15) is 16.8 Å². The van der Waals surface area contributed by atoms with Gasteiger partial charge in [-0.25, -0.2) is 9.59 Å². The Balaban J connectivity index is 1.77. The number of carbonyl (C=O) groups is 2. The number of carbonyl (C=O) groups excluding carboxylic acids is 2. The second-order valence-corrected chi connectivity index (χ2v) is 4.43. The van der Waals surface area contributed by atoms with Gasteiger partial charge in [0.2, 0.25) is 0 Å². The maximum absolute atomic E-state index is 12.1. The molecule has 0 atom stereocenters. The van der Waals surface area contributed by atoms with Crippen molar-refractivity contribution in [2.75, 3.05) is 7.11 Å². The molecule has 0 fully saturated rings. The van der Waals surface area contributed by atoms with E-state index in [2.05, 4.69) is 20.1 Å². The summed E-state index contributed by atoms with van der Waals surface area (Å²) >= 11 is 0. The number of nitrogens with one attached hydrogen (secondary N) is 1.